The van der Waals surface area contributed by atoms with Crippen molar-refractivity contribution in [1.29, 1.82) is 0 Å². The third kappa shape index (κ3) is 4.46. The Morgan fingerprint density at radius 1 is 1.10 bits per heavy atom. The number of nitrogens with one attached hydrogen (secondary N) is 2. The average Bonchev–Trinajstić information content (AvgIpc) is 3.43. The first-order chi connectivity index (χ1) is 14.6. The minimum absolute atomic E-state index is 0.0650. The Kier molecular flexibility index (Phi) is 5.99. The van der Waals surface area contributed by atoms with Crippen molar-refractivity contribution < 1.29 is 14.0 Å². The Morgan fingerprint density at radius 3 is 2.60 bits per heavy atom. The molecule has 156 valence electrons. The van der Waals surface area contributed by atoms with Crippen molar-refractivity contribution in [2.24, 2.45) is 0 Å². The summed E-state index contributed by atoms with van der Waals surface area (Å²) >= 11 is 1.56. The van der Waals surface area contributed by atoms with E-state index in [0.717, 1.165) is 36.4 Å². The summed E-state index contributed by atoms with van der Waals surface area (Å²) < 4.78 is 5.85. The number of rotatable bonds is 6. The average molecular weight is 424 g/mol. The molecule has 0 aliphatic heterocycles. The van der Waals surface area contributed by atoms with Gasteiger partial charge in [0, 0.05) is 17.9 Å². The first-order valence-corrected chi connectivity index (χ1v) is 11.1. The van der Waals surface area contributed by atoms with Crippen LogP contribution in [0.25, 0.3) is 11.5 Å². The predicted molar refractivity (Wildman–Crippen MR) is 116 cm³/mol. The molecule has 0 radical (unpaired) electrons. The van der Waals surface area contributed by atoms with Crippen LogP contribution in [0.4, 0.5) is 0 Å². The number of carbonyl (C=O) groups excluding carboxylic acids is 2. The standard InChI is InChI=1S/C23H25N3O3S/c1-16(27)24-14-18-10-11-20(29-18)19-15-30-22(25-19)23(12-6-3-7-13-23)26-21(28)17-8-4-2-5-9-17/h2,4-5,8-11,15H,3,6-7,12-14H2,1H3,(H,24,27)(H,26,28). The van der Waals surface area contributed by atoms with Crippen molar-refractivity contribution in [2.75, 3.05) is 0 Å². The molecule has 2 heterocycles. The van der Waals surface area contributed by atoms with Gasteiger partial charge in [-0.2, -0.15) is 0 Å². The fraction of sp³-hybridized carbons (Fsp3) is 0.348. The minimum Gasteiger partial charge on any atom is -0.458 e. The van der Waals surface area contributed by atoms with Gasteiger partial charge in [-0.15, -0.1) is 11.3 Å². The van der Waals surface area contributed by atoms with E-state index in [0.29, 0.717) is 23.6 Å². The van der Waals surface area contributed by atoms with Crippen LogP contribution in [0.5, 0.6) is 0 Å². The lowest BCUT2D eigenvalue weighted by molar-refractivity contribution is -0.119. The largest absolute Gasteiger partial charge is 0.458 e. The molecule has 2 aromatic heterocycles. The highest BCUT2D eigenvalue weighted by atomic mass is 32.1. The number of hydrogen-bond acceptors (Lipinski definition) is 5. The quantitative estimate of drug-likeness (QED) is 0.605. The minimum atomic E-state index is -0.445. The van der Waals surface area contributed by atoms with Gasteiger partial charge in [0.25, 0.3) is 5.91 Å². The van der Waals surface area contributed by atoms with Crippen molar-refractivity contribution in [3.05, 3.63) is 64.2 Å². The van der Waals surface area contributed by atoms with Gasteiger partial charge in [-0.05, 0) is 37.1 Å². The molecule has 2 N–H and O–H groups in total. The molecular weight excluding hydrogens is 398 g/mol. The van der Waals surface area contributed by atoms with E-state index in [4.69, 9.17) is 9.40 Å². The van der Waals surface area contributed by atoms with E-state index >= 15 is 0 Å². The van der Waals surface area contributed by atoms with Crippen molar-refractivity contribution >= 4 is 23.2 Å². The highest BCUT2D eigenvalue weighted by Gasteiger charge is 2.38. The maximum absolute atomic E-state index is 12.9. The van der Waals surface area contributed by atoms with Crippen molar-refractivity contribution in [3.8, 4) is 11.5 Å². The number of nitrogens with zero attached hydrogens (tertiary/aromatic N) is 1. The van der Waals surface area contributed by atoms with Crippen molar-refractivity contribution in [2.45, 2.75) is 51.1 Å². The van der Waals surface area contributed by atoms with Crippen LogP contribution in [0.15, 0.2) is 52.3 Å². The molecule has 7 heteroatoms. The van der Waals surface area contributed by atoms with Gasteiger partial charge >= 0.3 is 0 Å². The molecule has 6 nitrogen and oxygen atoms in total. The third-order valence-electron chi connectivity index (χ3n) is 5.44. The van der Waals surface area contributed by atoms with Gasteiger partial charge in [0.05, 0.1) is 12.1 Å². The summed E-state index contributed by atoms with van der Waals surface area (Å²) in [5.74, 6) is 1.18. The van der Waals surface area contributed by atoms with Crippen LogP contribution in [-0.2, 0) is 16.9 Å². The van der Waals surface area contributed by atoms with E-state index in [1.54, 1.807) is 11.3 Å². The Bertz CT molecular complexity index is 1020. The summed E-state index contributed by atoms with van der Waals surface area (Å²) in [6, 6.07) is 13.0. The van der Waals surface area contributed by atoms with Crippen LogP contribution in [0.2, 0.25) is 0 Å². The van der Waals surface area contributed by atoms with E-state index < -0.39 is 5.54 Å². The van der Waals surface area contributed by atoms with Crippen molar-refractivity contribution in [3.63, 3.8) is 0 Å². The van der Waals surface area contributed by atoms with Crippen LogP contribution in [0, 0.1) is 0 Å². The van der Waals surface area contributed by atoms with Gasteiger partial charge in [0.1, 0.15) is 16.5 Å². The zero-order valence-electron chi connectivity index (χ0n) is 16.9. The number of furan rings is 1. The Morgan fingerprint density at radius 2 is 1.87 bits per heavy atom. The number of benzene rings is 1. The molecule has 0 saturated heterocycles. The molecule has 30 heavy (non-hydrogen) atoms. The topological polar surface area (TPSA) is 84.2 Å². The maximum atomic E-state index is 12.9. The van der Waals surface area contributed by atoms with Gasteiger partial charge in [0.2, 0.25) is 5.91 Å². The molecule has 1 aromatic carbocycles. The van der Waals surface area contributed by atoms with E-state index in [2.05, 4.69) is 10.6 Å². The van der Waals surface area contributed by atoms with Crippen LogP contribution in [0.1, 0.15) is 60.2 Å². The third-order valence-corrected chi connectivity index (χ3v) is 6.48. The van der Waals surface area contributed by atoms with Gasteiger partial charge in [0.15, 0.2) is 5.76 Å². The van der Waals surface area contributed by atoms with Gasteiger partial charge in [-0.1, -0.05) is 37.5 Å². The van der Waals surface area contributed by atoms with Crippen molar-refractivity contribution in [1.82, 2.24) is 15.6 Å². The molecular formula is C23H25N3O3S. The summed E-state index contributed by atoms with van der Waals surface area (Å²) in [6.45, 7) is 1.83. The molecule has 0 atom stereocenters. The van der Waals surface area contributed by atoms with E-state index in [-0.39, 0.29) is 11.8 Å². The Hall–Kier alpha value is -2.93. The molecule has 3 aromatic rings. The number of hydrogen-bond donors (Lipinski definition) is 2. The SMILES string of the molecule is CC(=O)NCc1ccc(-c2csc(C3(NC(=O)c4ccccc4)CCCCC3)n2)o1. The van der Waals surface area contributed by atoms with E-state index in [9.17, 15) is 9.59 Å². The monoisotopic (exact) mass is 423 g/mol. The van der Waals surface area contributed by atoms with Gasteiger partial charge in [-0.3, -0.25) is 9.59 Å². The highest BCUT2D eigenvalue weighted by molar-refractivity contribution is 7.10. The first kappa shape index (κ1) is 20.3. The summed E-state index contributed by atoms with van der Waals surface area (Å²) in [7, 11) is 0. The summed E-state index contributed by atoms with van der Waals surface area (Å²) in [4.78, 5) is 28.9. The lowest BCUT2D eigenvalue weighted by Crippen LogP contribution is -2.47. The molecule has 0 bridgehead atoms. The predicted octanol–water partition coefficient (Wildman–Crippen LogP) is 4.63. The van der Waals surface area contributed by atoms with E-state index in [1.807, 2.05) is 47.8 Å². The number of amides is 2. The Balaban J connectivity index is 1.56. The molecule has 4 rings (SSSR count). The normalized spacial score (nSPS) is 15.5. The zero-order valence-corrected chi connectivity index (χ0v) is 17.8. The lowest BCUT2D eigenvalue weighted by Gasteiger charge is -2.36. The zero-order chi connectivity index (χ0) is 21.0. The van der Waals surface area contributed by atoms with Crippen LogP contribution < -0.4 is 10.6 Å². The maximum Gasteiger partial charge on any atom is 0.252 e. The molecule has 1 fully saturated rings. The molecule has 2 amide bonds. The highest BCUT2D eigenvalue weighted by Crippen LogP contribution is 2.40. The second-order valence-electron chi connectivity index (χ2n) is 7.68. The first-order valence-electron chi connectivity index (χ1n) is 10.2. The van der Waals surface area contributed by atoms with E-state index in [1.165, 1.54) is 13.3 Å². The summed E-state index contributed by atoms with van der Waals surface area (Å²) in [5, 5.41) is 8.92. The van der Waals surface area contributed by atoms with Crippen LogP contribution in [-0.4, -0.2) is 16.8 Å². The fourth-order valence-electron chi connectivity index (χ4n) is 3.86. The lowest BCUT2D eigenvalue weighted by atomic mass is 9.82. The smallest absolute Gasteiger partial charge is 0.252 e. The summed E-state index contributed by atoms with van der Waals surface area (Å²) in [5.41, 5.74) is 0.968. The molecule has 0 unspecified atom stereocenters. The van der Waals surface area contributed by atoms with Gasteiger partial charge in [-0.25, -0.2) is 4.98 Å². The second kappa shape index (κ2) is 8.83. The number of carbonyl (C=O) groups is 2. The van der Waals surface area contributed by atoms with Crippen LogP contribution >= 0.6 is 11.3 Å². The molecule has 1 aliphatic rings. The molecule has 0 spiro atoms. The summed E-state index contributed by atoms with van der Waals surface area (Å²) in [6.07, 6.45) is 5.05. The number of thiazole rings is 1. The van der Waals surface area contributed by atoms with Crippen LogP contribution in [0.3, 0.4) is 0 Å². The fourth-order valence-corrected chi connectivity index (χ4v) is 4.88. The molecule has 1 aliphatic carbocycles. The Labute approximate surface area is 179 Å². The molecule has 1 saturated carbocycles. The number of aromatic nitrogens is 1. The van der Waals surface area contributed by atoms with Gasteiger partial charge < -0.3 is 15.1 Å². The second-order valence-corrected chi connectivity index (χ2v) is 8.53.